The Kier molecular flexibility index (Phi) is 3.95. The first-order valence-electron chi connectivity index (χ1n) is 6.16. The minimum absolute atomic E-state index is 0.0447. The van der Waals surface area contributed by atoms with Gasteiger partial charge in [0.05, 0.1) is 5.69 Å². The molecule has 0 aliphatic carbocycles. The molecular weight excluding hydrogens is 372 g/mol. The van der Waals surface area contributed by atoms with Crippen molar-refractivity contribution in [1.29, 1.82) is 0 Å². The van der Waals surface area contributed by atoms with Crippen LogP contribution in [-0.4, -0.2) is 20.5 Å². The number of hydrogen-bond acceptors (Lipinski definition) is 6. The monoisotopic (exact) mass is 380 g/mol. The van der Waals surface area contributed by atoms with E-state index < -0.39 is 5.97 Å². The summed E-state index contributed by atoms with van der Waals surface area (Å²) in [4.78, 5) is 28.6. The van der Waals surface area contributed by atoms with Crippen LogP contribution in [0.5, 0.6) is 5.75 Å². The molecule has 3 aromatic rings. The van der Waals surface area contributed by atoms with E-state index in [0.29, 0.717) is 15.1 Å². The zero-order valence-electron chi connectivity index (χ0n) is 11.0. The molecule has 0 atom stereocenters. The predicted octanol–water partition coefficient (Wildman–Crippen LogP) is 2.58. The summed E-state index contributed by atoms with van der Waals surface area (Å²) in [6.45, 7) is -0.144. The fourth-order valence-electron chi connectivity index (χ4n) is 1.85. The van der Waals surface area contributed by atoms with Gasteiger partial charge >= 0.3 is 5.97 Å². The number of carbonyl (C=O) groups is 1. The van der Waals surface area contributed by atoms with Gasteiger partial charge in [-0.25, -0.2) is 9.78 Å². The highest BCUT2D eigenvalue weighted by atomic mass is 79.9. The Bertz CT molecular complexity index is 919. The van der Waals surface area contributed by atoms with Crippen LogP contribution in [0.2, 0.25) is 0 Å². The van der Waals surface area contributed by atoms with E-state index in [1.165, 1.54) is 33.9 Å². The van der Waals surface area contributed by atoms with Gasteiger partial charge in [0.2, 0.25) is 0 Å². The number of phenolic OH excluding ortho intramolecular Hbond substituents is 1. The van der Waals surface area contributed by atoms with Crippen LogP contribution in [0, 0.1) is 0 Å². The number of esters is 1. The molecule has 0 spiro atoms. The SMILES string of the molecule is O=C(OCc1cc(=O)n2ccsc2n1)c1cc(Br)ccc1O. The molecule has 1 aromatic carbocycles. The van der Waals surface area contributed by atoms with Gasteiger partial charge in [-0.15, -0.1) is 11.3 Å². The van der Waals surface area contributed by atoms with E-state index in [2.05, 4.69) is 20.9 Å². The molecule has 0 radical (unpaired) electrons. The number of halogens is 1. The van der Waals surface area contributed by atoms with Crippen molar-refractivity contribution in [3.05, 3.63) is 61.9 Å². The molecule has 0 saturated carbocycles. The third-order valence-electron chi connectivity index (χ3n) is 2.89. The maximum absolute atomic E-state index is 12.0. The Labute approximate surface area is 136 Å². The molecule has 22 heavy (non-hydrogen) atoms. The molecule has 6 nitrogen and oxygen atoms in total. The first kappa shape index (κ1) is 14.7. The number of fused-ring (bicyclic) bond motifs is 1. The van der Waals surface area contributed by atoms with Crippen LogP contribution in [0.1, 0.15) is 16.1 Å². The third kappa shape index (κ3) is 2.88. The molecular formula is C14H9BrN2O4S. The van der Waals surface area contributed by atoms with Crippen LogP contribution in [0.4, 0.5) is 0 Å². The van der Waals surface area contributed by atoms with Crippen molar-refractivity contribution < 1.29 is 14.6 Å². The smallest absolute Gasteiger partial charge is 0.342 e. The number of aromatic nitrogens is 2. The molecule has 0 unspecified atom stereocenters. The first-order valence-corrected chi connectivity index (χ1v) is 7.83. The van der Waals surface area contributed by atoms with E-state index in [9.17, 15) is 14.7 Å². The average Bonchev–Trinajstić information content (AvgIpc) is 2.96. The molecule has 112 valence electrons. The molecule has 2 heterocycles. The van der Waals surface area contributed by atoms with Crippen LogP contribution >= 0.6 is 27.3 Å². The van der Waals surface area contributed by atoms with Gasteiger partial charge in [0.1, 0.15) is 17.9 Å². The van der Waals surface area contributed by atoms with Gasteiger partial charge in [0.15, 0.2) is 4.96 Å². The lowest BCUT2D eigenvalue weighted by molar-refractivity contribution is 0.0464. The number of hydrogen-bond donors (Lipinski definition) is 1. The highest BCUT2D eigenvalue weighted by molar-refractivity contribution is 9.10. The zero-order chi connectivity index (χ0) is 15.7. The summed E-state index contributed by atoms with van der Waals surface area (Å²) in [7, 11) is 0. The molecule has 0 bridgehead atoms. The van der Waals surface area contributed by atoms with Gasteiger partial charge in [0, 0.05) is 22.1 Å². The molecule has 1 N–H and O–H groups in total. The first-order chi connectivity index (χ1) is 10.5. The summed E-state index contributed by atoms with van der Waals surface area (Å²) in [6, 6.07) is 5.78. The zero-order valence-corrected chi connectivity index (χ0v) is 13.4. The minimum atomic E-state index is -0.688. The van der Waals surface area contributed by atoms with Gasteiger partial charge < -0.3 is 9.84 Å². The summed E-state index contributed by atoms with van der Waals surface area (Å²) >= 11 is 4.53. The number of carbonyl (C=O) groups excluding carboxylic acids is 1. The molecule has 8 heteroatoms. The molecule has 0 fully saturated rings. The number of benzene rings is 1. The quantitative estimate of drug-likeness (QED) is 0.706. The maximum atomic E-state index is 12.0. The largest absolute Gasteiger partial charge is 0.507 e. The van der Waals surface area contributed by atoms with Gasteiger partial charge in [-0.2, -0.15) is 0 Å². The number of aromatic hydroxyl groups is 1. The van der Waals surface area contributed by atoms with Crippen LogP contribution in [0.15, 0.2) is 45.1 Å². The summed E-state index contributed by atoms with van der Waals surface area (Å²) in [6.07, 6.45) is 1.63. The van der Waals surface area contributed by atoms with Crippen LogP contribution in [0.25, 0.3) is 4.96 Å². The standard InChI is InChI=1S/C14H9BrN2O4S/c15-8-1-2-11(18)10(5-8)13(20)21-7-9-6-12(19)17-3-4-22-14(17)16-9/h1-6,18H,7H2. The normalized spacial score (nSPS) is 10.8. The highest BCUT2D eigenvalue weighted by Crippen LogP contribution is 2.22. The van der Waals surface area contributed by atoms with Gasteiger partial charge in [-0.3, -0.25) is 9.20 Å². The van der Waals surface area contributed by atoms with Gasteiger partial charge in [0.25, 0.3) is 5.56 Å². The summed E-state index contributed by atoms with van der Waals surface area (Å²) in [5, 5.41) is 11.4. The summed E-state index contributed by atoms with van der Waals surface area (Å²) in [5.41, 5.74) is 0.168. The Hall–Kier alpha value is -2.19. The van der Waals surface area contributed by atoms with E-state index >= 15 is 0 Å². The lowest BCUT2D eigenvalue weighted by Crippen LogP contribution is -2.14. The van der Waals surface area contributed by atoms with Crippen molar-refractivity contribution in [2.75, 3.05) is 0 Å². The van der Waals surface area contributed by atoms with E-state index in [1.807, 2.05) is 0 Å². The van der Waals surface area contributed by atoms with Crippen molar-refractivity contribution in [3.63, 3.8) is 0 Å². The van der Waals surface area contributed by atoms with E-state index in [1.54, 1.807) is 17.6 Å². The van der Waals surface area contributed by atoms with Crippen molar-refractivity contribution in [2.45, 2.75) is 6.61 Å². The molecule has 0 aliphatic rings. The number of phenols is 1. The summed E-state index contributed by atoms with van der Waals surface area (Å²) < 4.78 is 7.16. The molecule has 0 saturated heterocycles. The number of thiazole rings is 1. The third-order valence-corrected chi connectivity index (χ3v) is 4.14. The second-order valence-electron chi connectivity index (χ2n) is 4.38. The molecule has 3 rings (SSSR count). The Morgan fingerprint density at radius 3 is 3.05 bits per heavy atom. The van der Waals surface area contributed by atoms with Crippen LogP contribution in [-0.2, 0) is 11.3 Å². The lowest BCUT2D eigenvalue weighted by atomic mass is 10.2. The second kappa shape index (κ2) is 5.90. The fourth-order valence-corrected chi connectivity index (χ4v) is 2.95. The second-order valence-corrected chi connectivity index (χ2v) is 6.17. The fraction of sp³-hybridized carbons (Fsp3) is 0.0714. The molecule has 0 aliphatic heterocycles. The average molecular weight is 381 g/mol. The van der Waals surface area contributed by atoms with Crippen molar-refractivity contribution in [3.8, 4) is 5.75 Å². The Morgan fingerprint density at radius 2 is 2.23 bits per heavy atom. The number of nitrogens with zero attached hydrogens (tertiary/aromatic N) is 2. The van der Waals surface area contributed by atoms with Crippen LogP contribution in [0.3, 0.4) is 0 Å². The molecule has 0 amide bonds. The number of ether oxygens (including phenoxy) is 1. The Balaban J connectivity index is 1.80. The Morgan fingerprint density at radius 1 is 1.41 bits per heavy atom. The highest BCUT2D eigenvalue weighted by Gasteiger charge is 2.14. The topological polar surface area (TPSA) is 80.9 Å². The molecule has 2 aromatic heterocycles. The summed E-state index contributed by atoms with van der Waals surface area (Å²) in [5.74, 6) is -0.859. The van der Waals surface area contributed by atoms with Gasteiger partial charge in [-0.05, 0) is 18.2 Å². The van der Waals surface area contributed by atoms with E-state index in [0.717, 1.165) is 0 Å². The van der Waals surface area contributed by atoms with E-state index in [4.69, 9.17) is 4.74 Å². The number of rotatable bonds is 3. The van der Waals surface area contributed by atoms with Gasteiger partial charge in [-0.1, -0.05) is 15.9 Å². The maximum Gasteiger partial charge on any atom is 0.342 e. The van der Waals surface area contributed by atoms with Crippen LogP contribution < -0.4 is 5.56 Å². The van der Waals surface area contributed by atoms with Crippen molar-refractivity contribution in [1.82, 2.24) is 9.38 Å². The predicted molar refractivity (Wildman–Crippen MR) is 84.3 cm³/mol. The van der Waals surface area contributed by atoms with Crippen molar-refractivity contribution >= 4 is 38.2 Å². The lowest BCUT2D eigenvalue weighted by Gasteiger charge is -2.06. The van der Waals surface area contributed by atoms with E-state index in [-0.39, 0.29) is 23.5 Å². The minimum Gasteiger partial charge on any atom is -0.507 e. The van der Waals surface area contributed by atoms with Crippen molar-refractivity contribution in [2.24, 2.45) is 0 Å².